The van der Waals surface area contributed by atoms with E-state index >= 15 is 0 Å². The van der Waals surface area contributed by atoms with Gasteiger partial charge in [-0.3, -0.25) is 9.69 Å². The molecule has 0 radical (unpaired) electrons. The van der Waals surface area contributed by atoms with E-state index in [0.29, 0.717) is 13.0 Å². The molecular weight excluding hydrogens is 325 g/mol. The van der Waals surface area contributed by atoms with Crippen LogP contribution in [0.5, 0.6) is 0 Å². The van der Waals surface area contributed by atoms with Gasteiger partial charge >= 0.3 is 0 Å². The number of hydrogen-bond acceptors (Lipinski definition) is 4. The second kappa shape index (κ2) is 7.85. The molecule has 6 heteroatoms. The molecule has 1 atom stereocenters. The van der Waals surface area contributed by atoms with E-state index in [1.807, 2.05) is 24.4 Å². The largest absolute Gasteiger partial charge is 0.354 e. The highest BCUT2D eigenvalue weighted by Crippen LogP contribution is 2.24. The lowest BCUT2D eigenvalue weighted by atomic mass is 10.1. The van der Waals surface area contributed by atoms with E-state index in [1.165, 1.54) is 25.0 Å². The van der Waals surface area contributed by atoms with Crippen LogP contribution in [0.15, 0.2) is 29.6 Å². The molecule has 1 saturated heterocycles. The molecule has 24 heavy (non-hydrogen) atoms. The monoisotopic (exact) mass is 347 g/mol. The van der Waals surface area contributed by atoms with Gasteiger partial charge in [0, 0.05) is 11.9 Å². The van der Waals surface area contributed by atoms with Gasteiger partial charge in [0.05, 0.1) is 23.2 Å². The number of carbonyl (C=O) groups is 1. The van der Waals surface area contributed by atoms with Crippen molar-refractivity contribution in [2.75, 3.05) is 19.6 Å². The van der Waals surface area contributed by atoms with Crippen LogP contribution in [0.2, 0.25) is 0 Å². The summed E-state index contributed by atoms with van der Waals surface area (Å²) in [6.07, 6.45) is 2.65. The topological polar surface area (TPSA) is 45.2 Å². The van der Waals surface area contributed by atoms with Gasteiger partial charge in [-0.2, -0.15) is 0 Å². The van der Waals surface area contributed by atoms with Gasteiger partial charge in [-0.15, -0.1) is 11.3 Å². The average molecular weight is 347 g/mol. The van der Waals surface area contributed by atoms with Crippen molar-refractivity contribution in [2.45, 2.75) is 32.2 Å². The Bertz CT molecular complexity index is 680. The molecule has 4 nitrogen and oxygen atoms in total. The summed E-state index contributed by atoms with van der Waals surface area (Å²) in [6.45, 7) is 4.50. The van der Waals surface area contributed by atoms with Gasteiger partial charge in [-0.05, 0) is 50.6 Å². The lowest BCUT2D eigenvalue weighted by molar-refractivity contribution is -0.120. The van der Waals surface area contributed by atoms with E-state index in [9.17, 15) is 9.18 Å². The molecule has 3 rings (SSSR count). The highest BCUT2D eigenvalue weighted by Gasteiger charge is 2.24. The summed E-state index contributed by atoms with van der Waals surface area (Å²) in [4.78, 5) is 18.9. The zero-order valence-electron chi connectivity index (χ0n) is 13.8. The van der Waals surface area contributed by atoms with Gasteiger partial charge in [0.25, 0.3) is 0 Å². The second-order valence-corrected chi connectivity index (χ2v) is 7.21. The first-order valence-corrected chi connectivity index (χ1v) is 9.17. The van der Waals surface area contributed by atoms with Crippen LogP contribution in [0, 0.1) is 12.7 Å². The lowest BCUT2D eigenvalue weighted by Crippen LogP contribution is -2.37. The number of nitrogens with one attached hydrogen (secondary N) is 1. The molecule has 0 aliphatic carbocycles. The average Bonchev–Trinajstić information content (AvgIpc) is 3.21. The Morgan fingerprint density at radius 3 is 2.67 bits per heavy atom. The Balaban J connectivity index is 1.63. The standard InChI is InChI=1S/C18H22FN3OS/c1-13-21-16(12-24-13)10-18(23)20-11-17(22-8-2-3-9-22)14-4-6-15(19)7-5-14/h4-7,12,17H,2-3,8-11H2,1H3,(H,20,23). The summed E-state index contributed by atoms with van der Waals surface area (Å²) in [5.74, 6) is -0.256. The number of amides is 1. The van der Waals surface area contributed by atoms with E-state index in [-0.39, 0.29) is 17.8 Å². The second-order valence-electron chi connectivity index (χ2n) is 6.15. The summed E-state index contributed by atoms with van der Waals surface area (Å²) >= 11 is 1.55. The van der Waals surface area contributed by atoms with Gasteiger partial charge in [-0.1, -0.05) is 12.1 Å². The summed E-state index contributed by atoms with van der Waals surface area (Å²) < 4.78 is 13.2. The van der Waals surface area contributed by atoms with Crippen molar-refractivity contribution in [3.8, 4) is 0 Å². The zero-order valence-corrected chi connectivity index (χ0v) is 14.6. The minimum Gasteiger partial charge on any atom is -0.354 e. The lowest BCUT2D eigenvalue weighted by Gasteiger charge is -2.28. The Labute approximate surface area is 145 Å². The third-order valence-electron chi connectivity index (χ3n) is 4.34. The predicted molar refractivity (Wildman–Crippen MR) is 93.5 cm³/mol. The summed E-state index contributed by atoms with van der Waals surface area (Å²) in [5, 5.41) is 5.92. The van der Waals surface area contributed by atoms with Gasteiger partial charge in [0.15, 0.2) is 0 Å². The molecule has 1 amide bonds. The number of nitrogens with zero attached hydrogens (tertiary/aromatic N) is 2. The molecule has 1 aliphatic heterocycles. The number of aryl methyl sites for hydroxylation is 1. The maximum Gasteiger partial charge on any atom is 0.226 e. The summed E-state index contributed by atoms with van der Waals surface area (Å²) in [6, 6.07) is 6.69. The number of aromatic nitrogens is 1. The molecule has 0 spiro atoms. The normalized spacial score (nSPS) is 16.2. The number of rotatable bonds is 6. The van der Waals surface area contributed by atoms with Crippen molar-refractivity contribution in [2.24, 2.45) is 0 Å². The Hall–Kier alpha value is -1.79. The third kappa shape index (κ3) is 4.39. The molecule has 0 bridgehead atoms. The fraction of sp³-hybridized carbons (Fsp3) is 0.444. The van der Waals surface area contributed by atoms with Crippen LogP contribution in [0.1, 0.15) is 35.1 Å². The van der Waals surface area contributed by atoms with Crippen molar-refractivity contribution in [1.82, 2.24) is 15.2 Å². The molecule has 1 aromatic heterocycles. The Morgan fingerprint density at radius 2 is 2.04 bits per heavy atom. The number of hydrogen-bond donors (Lipinski definition) is 1. The van der Waals surface area contributed by atoms with Crippen LogP contribution in [-0.4, -0.2) is 35.4 Å². The van der Waals surface area contributed by atoms with Gasteiger partial charge in [0.2, 0.25) is 5.91 Å². The highest BCUT2D eigenvalue weighted by molar-refractivity contribution is 7.09. The predicted octanol–water partition coefficient (Wildman–Crippen LogP) is 3.09. The van der Waals surface area contributed by atoms with E-state index in [4.69, 9.17) is 0 Å². The first kappa shape index (κ1) is 17.0. The number of likely N-dealkylation sites (tertiary alicyclic amines) is 1. The van der Waals surface area contributed by atoms with E-state index in [2.05, 4.69) is 15.2 Å². The maximum absolute atomic E-state index is 13.2. The minimum atomic E-state index is -0.234. The maximum atomic E-state index is 13.2. The van der Waals surface area contributed by atoms with Crippen LogP contribution in [0.3, 0.4) is 0 Å². The molecule has 1 fully saturated rings. The fourth-order valence-electron chi connectivity index (χ4n) is 3.12. The van der Waals surface area contributed by atoms with Crippen LogP contribution in [-0.2, 0) is 11.2 Å². The van der Waals surface area contributed by atoms with Crippen molar-refractivity contribution >= 4 is 17.2 Å². The molecular formula is C18H22FN3OS. The molecule has 0 saturated carbocycles. The Kier molecular flexibility index (Phi) is 5.58. The van der Waals surface area contributed by atoms with Crippen LogP contribution in [0.25, 0.3) is 0 Å². The van der Waals surface area contributed by atoms with Gasteiger partial charge in [0.1, 0.15) is 5.82 Å². The van der Waals surface area contributed by atoms with E-state index < -0.39 is 0 Å². The van der Waals surface area contributed by atoms with Crippen LogP contribution in [0.4, 0.5) is 4.39 Å². The molecule has 1 N–H and O–H groups in total. The van der Waals surface area contributed by atoms with Gasteiger partial charge < -0.3 is 5.32 Å². The number of thiazole rings is 1. The molecule has 1 aromatic carbocycles. The molecule has 1 unspecified atom stereocenters. The zero-order chi connectivity index (χ0) is 16.9. The first-order chi connectivity index (χ1) is 11.6. The summed E-state index contributed by atoms with van der Waals surface area (Å²) in [5.41, 5.74) is 1.86. The quantitative estimate of drug-likeness (QED) is 0.873. The number of carbonyl (C=O) groups excluding carboxylic acids is 1. The smallest absolute Gasteiger partial charge is 0.226 e. The van der Waals surface area contributed by atoms with Crippen molar-refractivity contribution in [1.29, 1.82) is 0 Å². The van der Waals surface area contributed by atoms with E-state index in [1.54, 1.807) is 11.3 Å². The number of benzene rings is 1. The van der Waals surface area contributed by atoms with Crippen LogP contribution < -0.4 is 5.32 Å². The molecule has 2 heterocycles. The SMILES string of the molecule is Cc1nc(CC(=O)NCC(c2ccc(F)cc2)N2CCCC2)cs1. The third-order valence-corrected chi connectivity index (χ3v) is 5.16. The van der Waals surface area contributed by atoms with Gasteiger partial charge in [-0.25, -0.2) is 9.37 Å². The minimum absolute atomic E-state index is 0.0217. The molecule has 2 aromatic rings. The van der Waals surface area contributed by atoms with Crippen LogP contribution >= 0.6 is 11.3 Å². The van der Waals surface area contributed by atoms with E-state index in [0.717, 1.165) is 29.4 Å². The first-order valence-electron chi connectivity index (χ1n) is 8.29. The molecule has 1 aliphatic rings. The number of halogens is 1. The van der Waals surface area contributed by atoms with Crippen molar-refractivity contribution in [3.05, 3.63) is 51.7 Å². The summed E-state index contributed by atoms with van der Waals surface area (Å²) in [7, 11) is 0. The fourth-order valence-corrected chi connectivity index (χ4v) is 3.74. The van der Waals surface area contributed by atoms with Crippen molar-refractivity contribution in [3.63, 3.8) is 0 Å². The van der Waals surface area contributed by atoms with Crippen molar-refractivity contribution < 1.29 is 9.18 Å². The molecule has 128 valence electrons. The highest BCUT2D eigenvalue weighted by atomic mass is 32.1. The Morgan fingerprint density at radius 1 is 1.33 bits per heavy atom.